The zero-order chi connectivity index (χ0) is 13.9. The van der Waals surface area contributed by atoms with Crippen LogP contribution in [-0.4, -0.2) is 35.0 Å². The van der Waals surface area contributed by atoms with Crippen molar-refractivity contribution in [2.45, 2.75) is 58.3 Å². The van der Waals surface area contributed by atoms with Gasteiger partial charge in [-0.05, 0) is 25.7 Å². The monoisotopic (exact) mass is 267 g/mol. The summed E-state index contributed by atoms with van der Waals surface area (Å²) in [7, 11) is 0. The van der Waals surface area contributed by atoms with E-state index in [2.05, 4.69) is 0 Å². The molecule has 1 atom stereocenters. The molecule has 2 aliphatic rings. The Morgan fingerprint density at radius 1 is 1.26 bits per heavy atom. The molecule has 1 N–H and O–H groups in total. The van der Waals surface area contributed by atoms with Gasteiger partial charge in [-0.2, -0.15) is 0 Å². The highest BCUT2D eigenvalue weighted by molar-refractivity contribution is 5.82. The lowest BCUT2D eigenvalue weighted by Gasteiger charge is -2.28. The third-order valence-corrected chi connectivity index (χ3v) is 4.80. The molecule has 4 nitrogen and oxygen atoms in total. The third kappa shape index (κ3) is 2.93. The molecule has 1 unspecified atom stereocenters. The van der Waals surface area contributed by atoms with Crippen LogP contribution < -0.4 is 0 Å². The van der Waals surface area contributed by atoms with Gasteiger partial charge in [-0.3, -0.25) is 9.59 Å². The second-order valence-corrected chi connectivity index (χ2v) is 6.18. The molecule has 0 bridgehead atoms. The SMILES string of the molecule is CCCC1(C(=O)O)CCN(C(=O)C2CCCCC2)C1. The van der Waals surface area contributed by atoms with Gasteiger partial charge in [0.25, 0.3) is 0 Å². The maximum Gasteiger partial charge on any atom is 0.311 e. The van der Waals surface area contributed by atoms with Crippen molar-refractivity contribution in [2.75, 3.05) is 13.1 Å². The smallest absolute Gasteiger partial charge is 0.311 e. The summed E-state index contributed by atoms with van der Waals surface area (Å²) in [5, 5.41) is 9.47. The first-order valence-electron chi connectivity index (χ1n) is 7.61. The van der Waals surface area contributed by atoms with Crippen LogP contribution in [0.15, 0.2) is 0 Å². The minimum Gasteiger partial charge on any atom is -0.481 e. The molecule has 1 saturated heterocycles. The van der Waals surface area contributed by atoms with Crippen molar-refractivity contribution in [3.05, 3.63) is 0 Å². The number of rotatable bonds is 4. The predicted molar refractivity (Wildman–Crippen MR) is 72.7 cm³/mol. The summed E-state index contributed by atoms with van der Waals surface area (Å²) in [6, 6.07) is 0. The van der Waals surface area contributed by atoms with E-state index in [1.54, 1.807) is 0 Å². The quantitative estimate of drug-likeness (QED) is 0.852. The maximum atomic E-state index is 12.4. The van der Waals surface area contributed by atoms with Crippen molar-refractivity contribution in [2.24, 2.45) is 11.3 Å². The number of aliphatic carboxylic acids is 1. The molecule has 4 heteroatoms. The van der Waals surface area contributed by atoms with E-state index in [9.17, 15) is 14.7 Å². The number of nitrogens with zero attached hydrogens (tertiary/aromatic N) is 1. The van der Waals surface area contributed by atoms with Crippen LogP contribution >= 0.6 is 0 Å². The highest BCUT2D eigenvalue weighted by Crippen LogP contribution is 2.37. The molecule has 1 aliphatic carbocycles. The Hall–Kier alpha value is -1.06. The van der Waals surface area contributed by atoms with E-state index in [1.807, 2.05) is 11.8 Å². The van der Waals surface area contributed by atoms with Gasteiger partial charge in [-0.15, -0.1) is 0 Å². The molecule has 1 aliphatic heterocycles. The lowest BCUT2D eigenvalue weighted by molar-refractivity contribution is -0.149. The van der Waals surface area contributed by atoms with E-state index >= 15 is 0 Å². The van der Waals surface area contributed by atoms with E-state index in [4.69, 9.17) is 0 Å². The standard InChI is InChI=1S/C15H25NO3/c1-2-8-15(14(18)19)9-10-16(11-15)13(17)12-6-4-3-5-7-12/h12H,2-11H2,1H3,(H,18,19). The van der Waals surface area contributed by atoms with Crippen molar-refractivity contribution in [1.29, 1.82) is 0 Å². The molecule has 0 aromatic carbocycles. The minimum atomic E-state index is -0.728. The van der Waals surface area contributed by atoms with Crippen LogP contribution in [-0.2, 0) is 9.59 Å². The fourth-order valence-corrected chi connectivity index (χ4v) is 3.63. The zero-order valence-corrected chi connectivity index (χ0v) is 11.9. The van der Waals surface area contributed by atoms with Crippen molar-refractivity contribution in [3.8, 4) is 0 Å². The molecule has 19 heavy (non-hydrogen) atoms. The highest BCUT2D eigenvalue weighted by Gasteiger charge is 2.46. The Morgan fingerprint density at radius 2 is 1.95 bits per heavy atom. The van der Waals surface area contributed by atoms with Gasteiger partial charge in [0.05, 0.1) is 5.41 Å². The van der Waals surface area contributed by atoms with Gasteiger partial charge in [0, 0.05) is 19.0 Å². The number of carbonyl (C=O) groups is 2. The van der Waals surface area contributed by atoms with Gasteiger partial charge in [0.15, 0.2) is 0 Å². The molecule has 0 radical (unpaired) electrons. The third-order valence-electron chi connectivity index (χ3n) is 4.80. The molecule has 2 fully saturated rings. The first-order valence-corrected chi connectivity index (χ1v) is 7.61. The topological polar surface area (TPSA) is 57.6 Å². The number of amides is 1. The summed E-state index contributed by atoms with van der Waals surface area (Å²) in [5.41, 5.74) is -0.681. The van der Waals surface area contributed by atoms with Crippen molar-refractivity contribution >= 4 is 11.9 Å². The molecular weight excluding hydrogens is 242 g/mol. The van der Waals surface area contributed by atoms with Gasteiger partial charge in [-0.1, -0.05) is 32.6 Å². The molecule has 2 rings (SSSR count). The lowest BCUT2D eigenvalue weighted by Crippen LogP contribution is -2.39. The average Bonchev–Trinajstić information content (AvgIpc) is 2.85. The molecule has 1 heterocycles. The Bertz CT molecular complexity index is 349. The van der Waals surface area contributed by atoms with Gasteiger partial charge in [0.1, 0.15) is 0 Å². The van der Waals surface area contributed by atoms with Crippen molar-refractivity contribution in [3.63, 3.8) is 0 Å². The van der Waals surface area contributed by atoms with Crippen LogP contribution in [0.3, 0.4) is 0 Å². The van der Waals surface area contributed by atoms with E-state index in [0.29, 0.717) is 25.9 Å². The average molecular weight is 267 g/mol. The van der Waals surface area contributed by atoms with Gasteiger partial charge in [-0.25, -0.2) is 0 Å². The summed E-state index contributed by atoms with van der Waals surface area (Å²) in [4.78, 5) is 25.8. The molecule has 0 aromatic rings. The summed E-state index contributed by atoms with van der Waals surface area (Å²) >= 11 is 0. The molecule has 0 aromatic heterocycles. The number of likely N-dealkylation sites (tertiary alicyclic amines) is 1. The van der Waals surface area contributed by atoms with E-state index in [1.165, 1.54) is 6.42 Å². The molecule has 108 valence electrons. The lowest BCUT2D eigenvalue weighted by atomic mass is 9.82. The normalized spacial score (nSPS) is 28.6. The van der Waals surface area contributed by atoms with Crippen LogP contribution in [0.2, 0.25) is 0 Å². The van der Waals surface area contributed by atoms with Gasteiger partial charge < -0.3 is 10.0 Å². The Kier molecular flexibility index (Phi) is 4.48. The van der Waals surface area contributed by atoms with Gasteiger partial charge in [0.2, 0.25) is 5.91 Å². The van der Waals surface area contributed by atoms with Crippen LogP contribution in [0.25, 0.3) is 0 Å². The first-order chi connectivity index (χ1) is 9.09. The van der Waals surface area contributed by atoms with Gasteiger partial charge >= 0.3 is 5.97 Å². The van der Waals surface area contributed by atoms with Crippen LogP contribution in [0.1, 0.15) is 58.3 Å². The predicted octanol–water partition coefficient (Wildman–Crippen LogP) is 2.67. The molecule has 1 saturated carbocycles. The Labute approximate surface area is 115 Å². The largest absolute Gasteiger partial charge is 0.481 e. The summed E-state index contributed by atoms with van der Waals surface area (Å²) in [6.45, 7) is 3.06. The van der Waals surface area contributed by atoms with Crippen LogP contribution in [0, 0.1) is 11.3 Å². The maximum absolute atomic E-state index is 12.4. The zero-order valence-electron chi connectivity index (χ0n) is 11.9. The van der Waals surface area contributed by atoms with Crippen molar-refractivity contribution in [1.82, 2.24) is 4.90 Å². The number of hydrogen-bond donors (Lipinski definition) is 1. The number of carboxylic acid groups (broad SMARTS) is 1. The van der Waals surface area contributed by atoms with Crippen molar-refractivity contribution < 1.29 is 14.7 Å². The fraction of sp³-hybridized carbons (Fsp3) is 0.867. The Morgan fingerprint density at radius 3 is 2.53 bits per heavy atom. The summed E-state index contributed by atoms with van der Waals surface area (Å²) < 4.78 is 0. The minimum absolute atomic E-state index is 0.153. The van der Waals surface area contributed by atoms with Crippen LogP contribution in [0.5, 0.6) is 0 Å². The Balaban J connectivity index is 1.99. The van der Waals surface area contributed by atoms with E-state index in [0.717, 1.165) is 32.1 Å². The summed E-state index contributed by atoms with van der Waals surface area (Å²) in [6.07, 6.45) is 7.65. The molecule has 0 spiro atoms. The van der Waals surface area contributed by atoms with E-state index < -0.39 is 11.4 Å². The fourth-order valence-electron chi connectivity index (χ4n) is 3.63. The number of carboxylic acids is 1. The molecule has 1 amide bonds. The number of carbonyl (C=O) groups excluding carboxylic acids is 1. The van der Waals surface area contributed by atoms with Crippen LogP contribution in [0.4, 0.5) is 0 Å². The number of hydrogen-bond acceptors (Lipinski definition) is 2. The first kappa shape index (κ1) is 14.4. The second kappa shape index (κ2) is 5.93. The highest BCUT2D eigenvalue weighted by atomic mass is 16.4. The molecular formula is C15H25NO3. The second-order valence-electron chi connectivity index (χ2n) is 6.18. The van der Waals surface area contributed by atoms with E-state index in [-0.39, 0.29) is 11.8 Å². The summed E-state index contributed by atoms with van der Waals surface area (Å²) in [5.74, 6) is -0.368.